The maximum atomic E-state index is 8.59. The highest BCUT2D eigenvalue weighted by Crippen LogP contribution is 2.04. The lowest BCUT2D eigenvalue weighted by Gasteiger charge is -1.90. The van der Waals surface area contributed by atoms with Crippen molar-refractivity contribution in [2.24, 2.45) is 0 Å². The summed E-state index contributed by atoms with van der Waals surface area (Å²) in [6, 6.07) is 0. The Morgan fingerprint density at radius 2 is 2.27 bits per heavy atom. The third-order valence-electron chi connectivity index (χ3n) is 1.31. The highest BCUT2D eigenvalue weighted by Gasteiger charge is 2.00. The second-order valence-electron chi connectivity index (χ2n) is 2.21. The zero-order valence-electron chi connectivity index (χ0n) is 6.16. The molecule has 1 rings (SSSR count). The summed E-state index contributed by atoms with van der Waals surface area (Å²) in [5, 5.41) is 17.1. The van der Waals surface area contributed by atoms with Crippen LogP contribution in [0.15, 0.2) is 10.6 Å². The second kappa shape index (κ2) is 4.10. The van der Waals surface area contributed by atoms with Gasteiger partial charge in [0.2, 0.25) is 0 Å². The van der Waals surface area contributed by atoms with Gasteiger partial charge in [0.05, 0.1) is 6.20 Å². The van der Waals surface area contributed by atoms with Crippen molar-refractivity contribution in [3.63, 3.8) is 0 Å². The summed E-state index contributed by atoms with van der Waals surface area (Å²) in [7, 11) is 0. The van der Waals surface area contributed by atoms with E-state index in [2.05, 4.69) is 4.98 Å². The van der Waals surface area contributed by atoms with Gasteiger partial charge in [-0.3, -0.25) is 0 Å². The number of nitrogens with zero attached hydrogens (tertiary/aromatic N) is 1. The van der Waals surface area contributed by atoms with Crippen molar-refractivity contribution in [3.8, 4) is 0 Å². The van der Waals surface area contributed by atoms with Gasteiger partial charge in [0.1, 0.15) is 12.4 Å². The first-order valence-electron chi connectivity index (χ1n) is 3.52. The molecule has 0 saturated carbocycles. The van der Waals surface area contributed by atoms with E-state index < -0.39 is 0 Å². The van der Waals surface area contributed by atoms with Crippen LogP contribution in [0.2, 0.25) is 0 Å². The molecule has 0 radical (unpaired) electrons. The summed E-state index contributed by atoms with van der Waals surface area (Å²) >= 11 is 0. The Bertz CT molecular complexity index is 209. The molecule has 4 heteroatoms. The maximum absolute atomic E-state index is 8.59. The molecule has 0 saturated heterocycles. The zero-order chi connectivity index (χ0) is 8.10. The first-order chi connectivity index (χ1) is 5.36. The van der Waals surface area contributed by atoms with Gasteiger partial charge >= 0.3 is 0 Å². The fourth-order valence-electron chi connectivity index (χ4n) is 0.767. The van der Waals surface area contributed by atoms with Crippen LogP contribution in [-0.2, 0) is 13.0 Å². The lowest BCUT2D eigenvalue weighted by atomic mass is 10.3. The van der Waals surface area contributed by atoms with Crippen LogP contribution in [0.3, 0.4) is 0 Å². The minimum Gasteiger partial charge on any atom is -0.443 e. The summed E-state index contributed by atoms with van der Waals surface area (Å²) in [4.78, 5) is 3.89. The predicted octanol–water partition coefficient (Wildman–Crippen LogP) is 0.0918. The quantitative estimate of drug-likeness (QED) is 0.650. The van der Waals surface area contributed by atoms with E-state index in [-0.39, 0.29) is 13.2 Å². The van der Waals surface area contributed by atoms with Crippen LogP contribution in [0.25, 0.3) is 0 Å². The Kier molecular flexibility index (Phi) is 3.07. The predicted molar refractivity (Wildman–Crippen MR) is 37.8 cm³/mol. The molecule has 1 heterocycles. The number of aliphatic hydroxyl groups is 2. The van der Waals surface area contributed by atoms with Crippen molar-refractivity contribution >= 4 is 0 Å². The SMILES string of the molecule is OCCCc1ncc(CO)o1. The van der Waals surface area contributed by atoms with Crippen molar-refractivity contribution < 1.29 is 14.6 Å². The molecule has 0 aromatic carbocycles. The van der Waals surface area contributed by atoms with E-state index in [0.717, 1.165) is 0 Å². The third kappa shape index (κ3) is 2.32. The molecule has 1 aromatic rings. The Labute approximate surface area is 64.5 Å². The first kappa shape index (κ1) is 8.23. The van der Waals surface area contributed by atoms with Crippen LogP contribution in [0, 0.1) is 0 Å². The highest BCUT2D eigenvalue weighted by atomic mass is 16.4. The normalized spacial score (nSPS) is 10.4. The molecule has 4 nitrogen and oxygen atoms in total. The highest BCUT2D eigenvalue weighted by molar-refractivity contribution is 4.92. The Morgan fingerprint density at radius 3 is 2.82 bits per heavy atom. The van der Waals surface area contributed by atoms with Crippen molar-refractivity contribution in [1.82, 2.24) is 4.98 Å². The molecule has 0 aliphatic carbocycles. The molecule has 0 amide bonds. The molecule has 0 fully saturated rings. The maximum Gasteiger partial charge on any atom is 0.194 e. The average molecular weight is 157 g/mol. The van der Waals surface area contributed by atoms with E-state index in [4.69, 9.17) is 14.6 Å². The van der Waals surface area contributed by atoms with Gasteiger partial charge in [0.15, 0.2) is 5.89 Å². The number of rotatable bonds is 4. The molecular weight excluding hydrogens is 146 g/mol. The second-order valence-corrected chi connectivity index (χ2v) is 2.21. The molecule has 62 valence electrons. The van der Waals surface area contributed by atoms with Gasteiger partial charge in [-0.25, -0.2) is 4.98 Å². The number of aliphatic hydroxyl groups excluding tert-OH is 2. The van der Waals surface area contributed by atoms with Crippen molar-refractivity contribution in [2.45, 2.75) is 19.4 Å². The largest absolute Gasteiger partial charge is 0.443 e. The molecule has 0 unspecified atom stereocenters. The van der Waals surface area contributed by atoms with Crippen LogP contribution in [0.1, 0.15) is 18.1 Å². The smallest absolute Gasteiger partial charge is 0.194 e. The summed E-state index contributed by atoms with van der Waals surface area (Å²) in [6.07, 6.45) is 2.76. The van der Waals surface area contributed by atoms with Gasteiger partial charge in [-0.2, -0.15) is 0 Å². The summed E-state index contributed by atoms with van der Waals surface area (Å²) in [6.45, 7) is 0.0168. The standard InChI is InChI=1S/C7H11NO3/c9-3-1-2-7-8-4-6(5-10)11-7/h4,9-10H,1-3,5H2. The molecule has 0 aliphatic heterocycles. The molecule has 0 atom stereocenters. The summed E-state index contributed by atoms with van der Waals surface area (Å²) < 4.78 is 5.06. The number of aromatic nitrogens is 1. The lowest BCUT2D eigenvalue weighted by Crippen LogP contribution is -1.88. The Morgan fingerprint density at radius 1 is 1.45 bits per heavy atom. The molecule has 0 spiro atoms. The van der Waals surface area contributed by atoms with Crippen LogP contribution in [0.5, 0.6) is 0 Å². The molecule has 2 N–H and O–H groups in total. The van der Waals surface area contributed by atoms with Crippen LogP contribution < -0.4 is 0 Å². The molecule has 0 bridgehead atoms. The fourth-order valence-corrected chi connectivity index (χ4v) is 0.767. The van der Waals surface area contributed by atoms with Crippen molar-refractivity contribution in [3.05, 3.63) is 17.8 Å². The van der Waals surface area contributed by atoms with E-state index in [9.17, 15) is 0 Å². The monoisotopic (exact) mass is 157 g/mol. The molecular formula is C7H11NO3. The number of oxazole rings is 1. The summed E-state index contributed by atoms with van der Waals surface area (Å²) in [5.41, 5.74) is 0. The number of aryl methyl sites for hydroxylation is 1. The van der Waals surface area contributed by atoms with Gasteiger partial charge in [0, 0.05) is 13.0 Å². The summed E-state index contributed by atoms with van der Waals surface area (Å²) in [5.74, 6) is 1.04. The lowest BCUT2D eigenvalue weighted by molar-refractivity contribution is 0.240. The zero-order valence-corrected chi connectivity index (χ0v) is 6.16. The van der Waals surface area contributed by atoms with E-state index in [1.807, 2.05) is 0 Å². The Balaban J connectivity index is 2.44. The number of hydrogen-bond acceptors (Lipinski definition) is 4. The molecule has 0 aliphatic rings. The van der Waals surface area contributed by atoms with Crippen LogP contribution >= 0.6 is 0 Å². The van der Waals surface area contributed by atoms with Gasteiger partial charge < -0.3 is 14.6 Å². The van der Waals surface area contributed by atoms with Gasteiger partial charge in [-0.05, 0) is 6.42 Å². The minimum atomic E-state index is -0.119. The van der Waals surface area contributed by atoms with Crippen molar-refractivity contribution in [2.75, 3.05) is 6.61 Å². The Hall–Kier alpha value is -0.870. The van der Waals surface area contributed by atoms with E-state index >= 15 is 0 Å². The molecule has 11 heavy (non-hydrogen) atoms. The number of hydrogen-bond donors (Lipinski definition) is 2. The molecule has 1 aromatic heterocycles. The topological polar surface area (TPSA) is 66.5 Å². The van der Waals surface area contributed by atoms with Crippen LogP contribution in [0.4, 0.5) is 0 Å². The fraction of sp³-hybridized carbons (Fsp3) is 0.571. The van der Waals surface area contributed by atoms with Gasteiger partial charge in [0.25, 0.3) is 0 Å². The first-order valence-corrected chi connectivity index (χ1v) is 3.52. The van der Waals surface area contributed by atoms with E-state index in [1.165, 1.54) is 6.20 Å². The van der Waals surface area contributed by atoms with E-state index in [0.29, 0.717) is 24.5 Å². The van der Waals surface area contributed by atoms with Crippen LogP contribution in [-0.4, -0.2) is 21.8 Å². The van der Waals surface area contributed by atoms with Crippen molar-refractivity contribution in [1.29, 1.82) is 0 Å². The average Bonchev–Trinajstić information content (AvgIpc) is 2.48. The van der Waals surface area contributed by atoms with Gasteiger partial charge in [-0.1, -0.05) is 0 Å². The van der Waals surface area contributed by atoms with E-state index in [1.54, 1.807) is 0 Å². The minimum absolute atomic E-state index is 0.119. The third-order valence-corrected chi connectivity index (χ3v) is 1.31. The van der Waals surface area contributed by atoms with Gasteiger partial charge in [-0.15, -0.1) is 0 Å².